The fourth-order valence-corrected chi connectivity index (χ4v) is 1.81. The van der Waals surface area contributed by atoms with Crippen molar-refractivity contribution in [3.05, 3.63) is 0 Å². The molecule has 1 nitrogen and oxygen atoms in total. The SMILES string of the molecule is CC1(C)CC(F)(CN)C1. The lowest BCUT2D eigenvalue weighted by atomic mass is 9.62. The predicted molar refractivity (Wildman–Crippen MR) is 35.9 cm³/mol. The topological polar surface area (TPSA) is 26.0 Å². The van der Waals surface area contributed by atoms with Gasteiger partial charge in [0.25, 0.3) is 0 Å². The average Bonchev–Trinajstić information content (AvgIpc) is 1.61. The third-order valence-electron chi connectivity index (χ3n) is 1.96. The van der Waals surface area contributed by atoms with Gasteiger partial charge in [-0.05, 0) is 18.3 Å². The summed E-state index contributed by atoms with van der Waals surface area (Å²) in [5, 5.41) is 0. The molecule has 0 heterocycles. The molecule has 0 bridgehead atoms. The highest BCUT2D eigenvalue weighted by Gasteiger charge is 2.48. The first-order valence-corrected chi connectivity index (χ1v) is 3.36. The second-order valence-corrected chi connectivity index (χ2v) is 3.87. The van der Waals surface area contributed by atoms with Crippen LogP contribution in [0.2, 0.25) is 0 Å². The molecular formula is C7H14FN. The van der Waals surface area contributed by atoms with Crippen molar-refractivity contribution in [3.8, 4) is 0 Å². The summed E-state index contributed by atoms with van der Waals surface area (Å²) in [6.07, 6.45) is 1.27. The van der Waals surface area contributed by atoms with Gasteiger partial charge >= 0.3 is 0 Å². The van der Waals surface area contributed by atoms with Gasteiger partial charge in [-0.2, -0.15) is 0 Å². The second kappa shape index (κ2) is 1.69. The summed E-state index contributed by atoms with van der Waals surface area (Å²) in [5.74, 6) is 0. The maximum Gasteiger partial charge on any atom is 0.124 e. The third-order valence-corrected chi connectivity index (χ3v) is 1.96. The Morgan fingerprint density at radius 2 is 1.89 bits per heavy atom. The first-order valence-electron chi connectivity index (χ1n) is 3.36. The molecule has 1 aliphatic carbocycles. The van der Waals surface area contributed by atoms with E-state index in [2.05, 4.69) is 13.8 Å². The van der Waals surface area contributed by atoms with Crippen LogP contribution in [0, 0.1) is 5.41 Å². The molecule has 0 saturated heterocycles. The van der Waals surface area contributed by atoms with Gasteiger partial charge in [-0.1, -0.05) is 13.8 Å². The van der Waals surface area contributed by atoms with Crippen LogP contribution in [0.4, 0.5) is 4.39 Å². The van der Waals surface area contributed by atoms with E-state index in [1.54, 1.807) is 0 Å². The minimum Gasteiger partial charge on any atom is -0.328 e. The van der Waals surface area contributed by atoms with Crippen LogP contribution in [-0.2, 0) is 0 Å². The van der Waals surface area contributed by atoms with E-state index in [4.69, 9.17) is 5.73 Å². The molecule has 54 valence electrons. The molecule has 9 heavy (non-hydrogen) atoms. The standard InChI is InChI=1S/C7H14FN/c1-6(2)3-7(8,4-6)5-9/h3-5,9H2,1-2H3. The van der Waals surface area contributed by atoms with Crippen LogP contribution in [0.25, 0.3) is 0 Å². The predicted octanol–water partition coefficient (Wildman–Crippen LogP) is 1.47. The number of halogens is 1. The molecule has 1 rings (SSSR count). The van der Waals surface area contributed by atoms with E-state index in [-0.39, 0.29) is 12.0 Å². The zero-order valence-electron chi connectivity index (χ0n) is 6.08. The number of hydrogen-bond donors (Lipinski definition) is 1. The van der Waals surface area contributed by atoms with Crippen molar-refractivity contribution in [1.29, 1.82) is 0 Å². The van der Waals surface area contributed by atoms with Crippen molar-refractivity contribution in [3.63, 3.8) is 0 Å². The highest BCUT2D eigenvalue weighted by molar-refractivity contribution is 5.00. The van der Waals surface area contributed by atoms with Gasteiger partial charge in [-0.3, -0.25) is 0 Å². The smallest absolute Gasteiger partial charge is 0.124 e. The molecule has 2 N–H and O–H groups in total. The van der Waals surface area contributed by atoms with Crippen molar-refractivity contribution in [2.45, 2.75) is 32.4 Å². The minimum atomic E-state index is -1.02. The van der Waals surface area contributed by atoms with E-state index < -0.39 is 5.67 Å². The zero-order valence-corrected chi connectivity index (χ0v) is 6.08. The van der Waals surface area contributed by atoms with Crippen LogP contribution >= 0.6 is 0 Å². The maximum atomic E-state index is 13.0. The van der Waals surface area contributed by atoms with Crippen molar-refractivity contribution in [1.82, 2.24) is 0 Å². The molecule has 0 aromatic carbocycles. The van der Waals surface area contributed by atoms with Gasteiger partial charge in [-0.15, -0.1) is 0 Å². The number of hydrogen-bond acceptors (Lipinski definition) is 1. The normalized spacial score (nSPS) is 29.3. The summed E-state index contributed by atoms with van der Waals surface area (Å²) in [7, 11) is 0. The molecule has 0 aromatic heterocycles. The van der Waals surface area contributed by atoms with E-state index >= 15 is 0 Å². The summed E-state index contributed by atoms with van der Waals surface area (Å²) in [6, 6.07) is 0. The van der Waals surface area contributed by atoms with E-state index in [1.807, 2.05) is 0 Å². The first-order chi connectivity index (χ1) is 3.97. The lowest BCUT2D eigenvalue weighted by Gasteiger charge is -2.47. The summed E-state index contributed by atoms with van der Waals surface area (Å²) in [4.78, 5) is 0. The molecule has 0 amide bonds. The Kier molecular flexibility index (Phi) is 1.31. The molecule has 0 radical (unpaired) electrons. The Hall–Kier alpha value is -0.110. The quantitative estimate of drug-likeness (QED) is 0.573. The molecule has 0 spiro atoms. The van der Waals surface area contributed by atoms with Crippen LogP contribution in [0.5, 0.6) is 0 Å². The van der Waals surface area contributed by atoms with Gasteiger partial charge in [0.2, 0.25) is 0 Å². The van der Waals surface area contributed by atoms with Crippen molar-refractivity contribution >= 4 is 0 Å². The average molecular weight is 131 g/mol. The third kappa shape index (κ3) is 1.23. The number of rotatable bonds is 1. The monoisotopic (exact) mass is 131 g/mol. The molecular weight excluding hydrogens is 117 g/mol. The first kappa shape index (κ1) is 7.00. The van der Waals surface area contributed by atoms with Crippen molar-refractivity contribution < 1.29 is 4.39 Å². The van der Waals surface area contributed by atoms with Crippen LogP contribution < -0.4 is 5.73 Å². The Morgan fingerprint density at radius 1 is 1.44 bits per heavy atom. The van der Waals surface area contributed by atoms with E-state index in [9.17, 15) is 4.39 Å². The lowest BCUT2D eigenvalue weighted by Crippen LogP contribution is -2.50. The Balaban J connectivity index is 2.41. The maximum absolute atomic E-state index is 13.0. The van der Waals surface area contributed by atoms with Crippen LogP contribution in [-0.4, -0.2) is 12.2 Å². The Morgan fingerprint density at radius 3 is 2.00 bits per heavy atom. The van der Waals surface area contributed by atoms with E-state index in [0.29, 0.717) is 12.8 Å². The van der Waals surface area contributed by atoms with Gasteiger partial charge in [0, 0.05) is 6.54 Å². The molecule has 0 aliphatic heterocycles. The molecule has 2 heteroatoms. The van der Waals surface area contributed by atoms with E-state index in [0.717, 1.165) is 0 Å². The van der Waals surface area contributed by atoms with E-state index in [1.165, 1.54) is 0 Å². The number of alkyl halides is 1. The molecule has 1 fully saturated rings. The highest BCUT2D eigenvalue weighted by Crippen LogP contribution is 2.49. The summed E-state index contributed by atoms with van der Waals surface area (Å²) >= 11 is 0. The molecule has 0 atom stereocenters. The summed E-state index contributed by atoms with van der Waals surface area (Å²) < 4.78 is 13.0. The Labute approximate surface area is 55.4 Å². The lowest BCUT2D eigenvalue weighted by molar-refractivity contribution is -0.0376. The van der Waals surface area contributed by atoms with Gasteiger partial charge in [0.15, 0.2) is 0 Å². The molecule has 0 aromatic rings. The van der Waals surface area contributed by atoms with Crippen LogP contribution in [0.15, 0.2) is 0 Å². The fraction of sp³-hybridized carbons (Fsp3) is 1.00. The molecule has 0 unspecified atom stereocenters. The summed E-state index contributed by atoms with van der Waals surface area (Å²) in [6.45, 7) is 4.33. The van der Waals surface area contributed by atoms with Crippen molar-refractivity contribution in [2.24, 2.45) is 11.1 Å². The highest BCUT2D eigenvalue weighted by atomic mass is 19.1. The fourth-order valence-electron chi connectivity index (χ4n) is 1.81. The van der Waals surface area contributed by atoms with Gasteiger partial charge in [0.1, 0.15) is 5.67 Å². The summed E-state index contributed by atoms with van der Waals surface area (Å²) in [5.41, 5.74) is 4.39. The second-order valence-electron chi connectivity index (χ2n) is 3.87. The van der Waals surface area contributed by atoms with Crippen LogP contribution in [0.1, 0.15) is 26.7 Å². The van der Waals surface area contributed by atoms with Crippen molar-refractivity contribution in [2.75, 3.05) is 6.54 Å². The van der Waals surface area contributed by atoms with Gasteiger partial charge in [0.05, 0.1) is 0 Å². The number of nitrogens with two attached hydrogens (primary N) is 1. The largest absolute Gasteiger partial charge is 0.328 e. The van der Waals surface area contributed by atoms with Crippen LogP contribution in [0.3, 0.4) is 0 Å². The minimum absolute atomic E-state index is 0.191. The zero-order chi connectivity index (χ0) is 7.12. The van der Waals surface area contributed by atoms with Gasteiger partial charge in [-0.25, -0.2) is 4.39 Å². The van der Waals surface area contributed by atoms with Gasteiger partial charge < -0.3 is 5.73 Å². The molecule has 1 saturated carbocycles. The Bertz CT molecular complexity index is 112. The molecule has 1 aliphatic rings.